The molecule has 3 heterocycles. The number of imide groups is 1. The molecule has 4 atom stereocenters. The molecule has 0 spiro atoms. The Morgan fingerprint density at radius 1 is 0.929 bits per heavy atom. The summed E-state index contributed by atoms with van der Waals surface area (Å²) in [5, 5.41) is 2.77. The van der Waals surface area contributed by atoms with Gasteiger partial charge in [-0.2, -0.15) is 0 Å². The highest BCUT2D eigenvalue weighted by Crippen LogP contribution is 2.31. The number of urea groups is 1. The monoisotopic (exact) mass is 392 g/mol. The van der Waals surface area contributed by atoms with Crippen LogP contribution >= 0.6 is 0 Å². The molecule has 28 heavy (non-hydrogen) atoms. The van der Waals surface area contributed by atoms with Gasteiger partial charge in [0.05, 0.1) is 0 Å². The lowest BCUT2D eigenvalue weighted by molar-refractivity contribution is -0.142. The second-order valence-corrected chi connectivity index (χ2v) is 8.81. The fraction of sp³-hybridized carbons (Fsp3) is 0.800. The second kappa shape index (κ2) is 8.09. The van der Waals surface area contributed by atoms with E-state index in [-0.39, 0.29) is 60.1 Å². The Morgan fingerprint density at radius 2 is 1.64 bits per heavy atom. The van der Waals surface area contributed by atoms with Crippen LogP contribution in [0.25, 0.3) is 0 Å². The van der Waals surface area contributed by atoms with Gasteiger partial charge in [-0.25, -0.2) is 4.79 Å². The van der Waals surface area contributed by atoms with Gasteiger partial charge in [0, 0.05) is 56.5 Å². The first-order valence-corrected chi connectivity index (χ1v) is 10.4. The summed E-state index contributed by atoms with van der Waals surface area (Å²) in [5.41, 5.74) is 0. The number of nitrogens with one attached hydrogen (secondary N) is 1. The largest absolute Gasteiger partial charge is 0.340 e. The van der Waals surface area contributed by atoms with Gasteiger partial charge in [-0.05, 0) is 46.5 Å². The molecule has 0 aromatic heterocycles. The highest BCUT2D eigenvalue weighted by Gasteiger charge is 2.43. The number of nitrogens with zero attached hydrogens (tertiary/aromatic N) is 3. The molecule has 3 rings (SSSR count). The molecule has 0 aliphatic carbocycles. The van der Waals surface area contributed by atoms with Crippen molar-refractivity contribution in [3.63, 3.8) is 0 Å². The Kier molecular flexibility index (Phi) is 5.95. The molecular formula is C20H32N4O4. The van der Waals surface area contributed by atoms with Gasteiger partial charge >= 0.3 is 6.03 Å². The third-order valence-electron chi connectivity index (χ3n) is 6.30. The molecule has 0 saturated carbocycles. The van der Waals surface area contributed by atoms with Crippen LogP contribution in [-0.4, -0.2) is 76.2 Å². The van der Waals surface area contributed by atoms with Crippen molar-refractivity contribution in [3.8, 4) is 0 Å². The molecule has 3 fully saturated rings. The van der Waals surface area contributed by atoms with Gasteiger partial charge in [-0.3, -0.25) is 19.3 Å². The van der Waals surface area contributed by atoms with E-state index in [2.05, 4.69) is 5.32 Å². The van der Waals surface area contributed by atoms with Crippen molar-refractivity contribution in [2.75, 3.05) is 19.6 Å². The van der Waals surface area contributed by atoms with Crippen LogP contribution in [0.4, 0.5) is 4.79 Å². The minimum Gasteiger partial charge on any atom is -0.340 e. The fourth-order valence-electron chi connectivity index (χ4n) is 4.86. The van der Waals surface area contributed by atoms with E-state index in [1.165, 1.54) is 4.90 Å². The Labute approximate surface area is 166 Å². The van der Waals surface area contributed by atoms with E-state index < -0.39 is 0 Å². The summed E-state index contributed by atoms with van der Waals surface area (Å²) in [6, 6.07) is -0.210. The molecule has 0 radical (unpaired) electrons. The first-order valence-electron chi connectivity index (χ1n) is 10.4. The maximum absolute atomic E-state index is 12.9. The quantitative estimate of drug-likeness (QED) is 0.659. The normalized spacial score (nSPS) is 28.0. The van der Waals surface area contributed by atoms with Crippen LogP contribution < -0.4 is 5.32 Å². The third kappa shape index (κ3) is 4.00. The lowest BCUT2D eigenvalue weighted by Gasteiger charge is -2.27. The SMILES string of the molecule is CC(C)N1CC(CC(C)N2C(=O)CC(CC(C)N3CCNC3=O)C2=O)CC1=O. The van der Waals surface area contributed by atoms with Gasteiger partial charge in [0.2, 0.25) is 17.7 Å². The van der Waals surface area contributed by atoms with Gasteiger partial charge in [0.15, 0.2) is 0 Å². The number of likely N-dealkylation sites (tertiary alicyclic amines) is 2. The lowest BCUT2D eigenvalue weighted by atomic mass is 9.97. The summed E-state index contributed by atoms with van der Waals surface area (Å²) in [5.74, 6) is -0.297. The summed E-state index contributed by atoms with van der Waals surface area (Å²) in [4.78, 5) is 54.4. The number of amides is 5. The van der Waals surface area contributed by atoms with Crippen LogP contribution in [0.2, 0.25) is 0 Å². The molecule has 156 valence electrons. The zero-order valence-corrected chi connectivity index (χ0v) is 17.3. The number of carbonyl (C=O) groups is 4. The van der Waals surface area contributed by atoms with Gasteiger partial charge in [0.25, 0.3) is 0 Å². The molecule has 4 unspecified atom stereocenters. The van der Waals surface area contributed by atoms with Crippen molar-refractivity contribution in [1.82, 2.24) is 20.0 Å². The van der Waals surface area contributed by atoms with Crippen LogP contribution in [0.1, 0.15) is 53.4 Å². The maximum atomic E-state index is 12.9. The summed E-state index contributed by atoms with van der Waals surface area (Å²) < 4.78 is 0. The van der Waals surface area contributed by atoms with Crippen molar-refractivity contribution >= 4 is 23.8 Å². The average molecular weight is 393 g/mol. The second-order valence-electron chi connectivity index (χ2n) is 8.81. The summed E-state index contributed by atoms with van der Waals surface area (Å²) in [6.45, 7) is 9.79. The van der Waals surface area contributed by atoms with Crippen molar-refractivity contribution in [2.45, 2.75) is 71.5 Å². The average Bonchev–Trinajstić information content (AvgIpc) is 3.26. The van der Waals surface area contributed by atoms with Crippen molar-refractivity contribution in [3.05, 3.63) is 0 Å². The third-order valence-corrected chi connectivity index (χ3v) is 6.30. The minimum atomic E-state index is -0.365. The first kappa shape index (κ1) is 20.6. The van der Waals surface area contributed by atoms with Crippen molar-refractivity contribution in [2.24, 2.45) is 11.8 Å². The number of hydrogen-bond acceptors (Lipinski definition) is 4. The lowest BCUT2D eigenvalue weighted by Crippen LogP contribution is -2.41. The summed E-state index contributed by atoms with van der Waals surface area (Å²) in [6.07, 6.45) is 1.86. The molecule has 3 saturated heterocycles. The Balaban J connectivity index is 1.57. The Hall–Kier alpha value is -2.12. The molecule has 8 nitrogen and oxygen atoms in total. The predicted molar refractivity (Wildman–Crippen MR) is 103 cm³/mol. The van der Waals surface area contributed by atoms with Crippen LogP contribution in [0.3, 0.4) is 0 Å². The Morgan fingerprint density at radius 3 is 2.21 bits per heavy atom. The molecular weight excluding hydrogens is 360 g/mol. The molecule has 5 amide bonds. The van der Waals surface area contributed by atoms with Crippen LogP contribution in [0.15, 0.2) is 0 Å². The molecule has 1 N–H and O–H groups in total. The molecule has 0 bridgehead atoms. The van der Waals surface area contributed by atoms with E-state index in [0.29, 0.717) is 38.9 Å². The standard InChI is InChI=1S/C20H32N4O4/c1-12(2)23-11-15(9-17(23)25)7-14(4)24-18(26)10-16(19(24)27)8-13(3)22-6-5-21-20(22)28/h12-16H,5-11H2,1-4H3,(H,21,28). The van der Waals surface area contributed by atoms with Gasteiger partial charge in [-0.1, -0.05) is 0 Å². The van der Waals surface area contributed by atoms with Gasteiger partial charge in [0.1, 0.15) is 0 Å². The summed E-state index contributed by atoms with van der Waals surface area (Å²) in [7, 11) is 0. The van der Waals surface area contributed by atoms with Gasteiger partial charge in [-0.15, -0.1) is 0 Å². The number of rotatable bonds is 7. The first-order chi connectivity index (χ1) is 13.2. The predicted octanol–water partition coefficient (Wildman–Crippen LogP) is 1.20. The molecule has 0 aromatic rings. The zero-order chi connectivity index (χ0) is 20.6. The topological polar surface area (TPSA) is 90.0 Å². The van der Waals surface area contributed by atoms with Crippen LogP contribution in [-0.2, 0) is 14.4 Å². The number of hydrogen-bond donors (Lipinski definition) is 1. The fourth-order valence-corrected chi connectivity index (χ4v) is 4.86. The van der Waals surface area contributed by atoms with E-state index in [9.17, 15) is 19.2 Å². The summed E-state index contributed by atoms with van der Waals surface area (Å²) >= 11 is 0. The van der Waals surface area contributed by atoms with Gasteiger partial charge < -0.3 is 15.1 Å². The minimum absolute atomic E-state index is 0.0773. The van der Waals surface area contributed by atoms with E-state index in [0.717, 1.165) is 0 Å². The van der Waals surface area contributed by atoms with Crippen LogP contribution in [0, 0.1) is 11.8 Å². The van der Waals surface area contributed by atoms with E-state index in [1.807, 2.05) is 32.6 Å². The maximum Gasteiger partial charge on any atom is 0.317 e. The number of carbonyl (C=O) groups excluding carboxylic acids is 4. The smallest absolute Gasteiger partial charge is 0.317 e. The van der Waals surface area contributed by atoms with Crippen molar-refractivity contribution < 1.29 is 19.2 Å². The van der Waals surface area contributed by atoms with E-state index in [1.54, 1.807) is 4.90 Å². The zero-order valence-electron chi connectivity index (χ0n) is 17.3. The van der Waals surface area contributed by atoms with E-state index >= 15 is 0 Å². The molecule has 0 aromatic carbocycles. The highest BCUT2D eigenvalue weighted by atomic mass is 16.2. The van der Waals surface area contributed by atoms with Crippen LogP contribution in [0.5, 0.6) is 0 Å². The van der Waals surface area contributed by atoms with Crippen molar-refractivity contribution in [1.29, 1.82) is 0 Å². The van der Waals surface area contributed by atoms with E-state index in [4.69, 9.17) is 0 Å². The molecule has 8 heteroatoms. The molecule has 3 aliphatic heterocycles. The molecule has 3 aliphatic rings. The Bertz CT molecular complexity index is 665. The highest BCUT2D eigenvalue weighted by molar-refractivity contribution is 6.03.